The summed E-state index contributed by atoms with van der Waals surface area (Å²) in [5.74, 6) is -1.23. The minimum atomic E-state index is -1.23. The average molecular weight is 407 g/mol. The van der Waals surface area contributed by atoms with E-state index in [-0.39, 0.29) is 13.2 Å². The zero-order valence-electron chi connectivity index (χ0n) is 16.5. The number of carbonyl (C=O) groups is 3. The van der Waals surface area contributed by atoms with Gasteiger partial charge >= 0.3 is 18.2 Å². The monoisotopic (exact) mass is 407 g/mol. The number of benzene rings is 1. The molecule has 0 aliphatic carbocycles. The van der Waals surface area contributed by atoms with Crippen LogP contribution in [0.4, 0.5) is 9.59 Å². The summed E-state index contributed by atoms with van der Waals surface area (Å²) in [5, 5.41) is 17.4. The van der Waals surface area contributed by atoms with Crippen molar-refractivity contribution in [2.45, 2.75) is 51.5 Å². The fraction of sp³-hybridized carbons (Fsp3) is 0.500. The van der Waals surface area contributed by atoms with Crippen molar-refractivity contribution in [1.29, 1.82) is 0 Å². The molecule has 2 amide bonds. The van der Waals surface area contributed by atoms with Gasteiger partial charge in [0.25, 0.3) is 0 Å². The van der Waals surface area contributed by atoms with Crippen molar-refractivity contribution in [2.24, 2.45) is 5.11 Å². The highest BCUT2D eigenvalue weighted by Crippen LogP contribution is 2.09. The fourth-order valence-electron chi connectivity index (χ4n) is 2.26. The number of amides is 2. The predicted octanol–water partition coefficient (Wildman–Crippen LogP) is 2.96. The number of hydrogen-bond donors (Lipinski definition) is 3. The Morgan fingerprint density at radius 1 is 1.14 bits per heavy atom. The van der Waals surface area contributed by atoms with Crippen LogP contribution >= 0.6 is 0 Å². The Labute approximate surface area is 168 Å². The first-order chi connectivity index (χ1) is 13.6. The van der Waals surface area contributed by atoms with Gasteiger partial charge in [0.15, 0.2) is 0 Å². The largest absolute Gasteiger partial charge is 0.481 e. The number of azide groups is 1. The average Bonchev–Trinajstić information content (AvgIpc) is 2.62. The van der Waals surface area contributed by atoms with Crippen molar-refractivity contribution in [3.63, 3.8) is 0 Å². The number of aliphatic carboxylic acids is 1. The molecule has 0 saturated carbocycles. The van der Waals surface area contributed by atoms with E-state index in [9.17, 15) is 14.4 Å². The summed E-state index contributed by atoms with van der Waals surface area (Å²) in [4.78, 5) is 38.0. The molecule has 0 aliphatic rings. The number of nitrogens with zero attached hydrogens (tertiary/aromatic N) is 3. The quantitative estimate of drug-likeness (QED) is 0.324. The highest BCUT2D eigenvalue weighted by atomic mass is 16.6. The summed E-state index contributed by atoms with van der Waals surface area (Å²) in [5.41, 5.74) is 8.53. The van der Waals surface area contributed by atoms with Crippen LogP contribution in [0.15, 0.2) is 35.4 Å². The van der Waals surface area contributed by atoms with Crippen LogP contribution in [0.25, 0.3) is 10.4 Å². The van der Waals surface area contributed by atoms with Gasteiger partial charge in [0, 0.05) is 11.5 Å². The lowest BCUT2D eigenvalue weighted by Crippen LogP contribution is -2.54. The summed E-state index contributed by atoms with van der Waals surface area (Å²) in [6.07, 6.45) is -2.26. The van der Waals surface area contributed by atoms with Crippen LogP contribution in [-0.4, -0.2) is 47.5 Å². The molecule has 0 spiro atoms. The Kier molecular flexibility index (Phi) is 9.27. The summed E-state index contributed by atoms with van der Waals surface area (Å²) in [6.45, 7) is 4.65. The molecule has 0 saturated heterocycles. The van der Waals surface area contributed by atoms with Gasteiger partial charge in [-0.05, 0) is 31.9 Å². The minimum absolute atomic E-state index is 0.0209. The van der Waals surface area contributed by atoms with Crippen molar-refractivity contribution >= 4 is 18.2 Å². The van der Waals surface area contributed by atoms with Crippen molar-refractivity contribution in [3.05, 3.63) is 46.3 Å². The highest BCUT2D eigenvalue weighted by molar-refractivity contribution is 5.73. The van der Waals surface area contributed by atoms with Gasteiger partial charge in [-0.25, -0.2) is 9.59 Å². The van der Waals surface area contributed by atoms with E-state index in [0.717, 1.165) is 5.56 Å². The smallest absolute Gasteiger partial charge is 0.407 e. The van der Waals surface area contributed by atoms with E-state index in [1.54, 1.807) is 45.0 Å². The zero-order valence-corrected chi connectivity index (χ0v) is 16.5. The Morgan fingerprint density at radius 3 is 2.31 bits per heavy atom. The summed E-state index contributed by atoms with van der Waals surface area (Å²) < 4.78 is 10.2. The summed E-state index contributed by atoms with van der Waals surface area (Å²) in [6, 6.07) is 6.77. The van der Waals surface area contributed by atoms with Gasteiger partial charge in [-0.3, -0.25) is 4.79 Å². The highest BCUT2D eigenvalue weighted by Gasteiger charge is 2.29. The SMILES string of the molecule is CC(C)(C)OC(=O)N[C@H](CN=[N+]=[N-])[C@H](CC(=O)O)NC(=O)OCc1ccccc1. The van der Waals surface area contributed by atoms with Crippen LogP contribution in [0.1, 0.15) is 32.8 Å². The molecule has 0 unspecified atom stereocenters. The molecule has 0 fully saturated rings. The molecule has 0 radical (unpaired) electrons. The number of carboxylic acids is 1. The van der Waals surface area contributed by atoms with Gasteiger partial charge in [-0.2, -0.15) is 0 Å². The molecule has 1 aromatic rings. The molecule has 3 N–H and O–H groups in total. The van der Waals surface area contributed by atoms with Crippen LogP contribution in [0.5, 0.6) is 0 Å². The number of ether oxygens (including phenoxy) is 2. The van der Waals surface area contributed by atoms with Crippen molar-refractivity contribution in [3.8, 4) is 0 Å². The number of nitrogens with one attached hydrogen (secondary N) is 2. The van der Waals surface area contributed by atoms with Crippen LogP contribution in [0.2, 0.25) is 0 Å². The summed E-state index contributed by atoms with van der Waals surface area (Å²) >= 11 is 0. The lowest BCUT2D eigenvalue weighted by molar-refractivity contribution is -0.137. The number of carbonyl (C=O) groups excluding carboxylic acids is 2. The van der Waals surface area contributed by atoms with Gasteiger partial charge < -0.3 is 25.2 Å². The molecular formula is C18H25N5O6. The Morgan fingerprint density at radius 2 is 1.76 bits per heavy atom. The normalized spacial score (nSPS) is 12.7. The second kappa shape index (κ2) is 11.4. The van der Waals surface area contributed by atoms with E-state index in [1.807, 2.05) is 6.07 Å². The number of alkyl carbamates (subject to hydrolysis) is 2. The lowest BCUT2D eigenvalue weighted by atomic mass is 10.1. The van der Waals surface area contributed by atoms with Crippen LogP contribution in [-0.2, 0) is 20.9 Å². The Bertz CT molecular complexity index is 743. The third kappa shape index (κ3) is 10.5. The van der Waals surface area contributed by atoms with E-state index in [2.05, 4.69) is 20.7 Å². The van der Waals surface area contributed by atoms with Crippen LogP contribution in [0.3, 0.4) is 0 Å². The maximum atomic E-state index is 12.1. The third-order valence-electron chi connectivity index (χ3n) is 3.44. The zero-order chi connectivity index (χ0) is 21.9. The standard InChI is InChI=1S/C18H25N5O6/c1-18(2,3)29-17(27)22-14(10-20-23-19)13(9-15(24)25)21-16(26)28-11-12-7-5-4-6-8-12/h4-8,13-14H,9-11H2,1-3H3,(H,21,26)(H,22,27)(H,24,25)/t13-,14+/m0/s1. The molecule has 1 rings (SSSR count). The lowest BCUT2D eigenvalue weighted by Gasteiger charge is -2.28. The summed E-state index contributed by atoms with van der Waals surface area (Å²) in [7, 11) is 0. The molecule has 1 aromatic carbocycles. The van der Waals surface area contributed by atoms with Crippen LogP contribution in [0, 0.1) is 0 Å². The van der Waals surface area contributed by atoms with Crippen LogP contribution < -0.4 is 10.6 Å². The fourth-order valence-corrected chi connectivity index (χ4v) is 2.26. The third-order valence-corrected chi connectivity index (χ3v) is 3.44. The molecule has 0 heterocycles. The molecule has 11 heteroatoms. The van der Waals surface area contributed by atoms with Gasteiger partial charge in [0.2, 0.25) is 0 Å². The molecule has 2 atom stereocenters. The Hall–Kier alpha value is -3.46. The van der Waals surface area contributed by atoms with E-state index in [4.69, 9.17) is 20.1 Å². The van der Waals surface area contributed by atoms with E-state index in [0.29, 0.717) is 0 Å². The number of carboxylic acid groups (broad SMARTS) is 1. The second-order valence-corrected chi connectivity index (χ2v) is 7.08. The first kappa shape index (κ1) is 23.6. The van der Waals surface area contributed by atoms with Crippen molar-refractivity contribution < 1.29 is 29.0 Å². The molecule has 0 aromatic heterocycles. The van der Waals surface area contributed by atoms with Crippen molar-refractivity contribution in [2.75, 3.05) is 6.54 Å². The van der Waals surface area contributed by atoms with Crippen molar-refractivity contribution in [1.82, 2.24) is 10.6 Å². The maximum absolute atomic E-state index is 12.1. The molecule has 0 bridgehead atoms. The van der Waals surface area contributed by atoms with Gasteiger partial charge in [-0.15, -0.1) is 0 Å². The molecule has 158 valence electrons. The van der Waals surface area contributed by atoms with E-state index >= 15 is 0 Å². The maximum Gasteiger partial charge on any atom is 0.407 e. The molecular weight excluding hydrogens is 382 g/mol. The first-order valence-corrected chi connectivity index (χ1v) is 8.80. The molecule has 0 aliphatic heterocycles. The van der Waals surface area contributed by atoms with Gasteiger partial charge in [-0.1, -0.05) is 35.4 Å². The number of hydrogen-bond acceptors (Lipinski definition) is 6. The van der Waals surface area contributed by atoms with E-state index < -0.39 is 42.3 Å². The predicted molar refractivity (Wildman–Crippen MR) is 103 cm³/mol. The first-order valence-electron chi connectivity index (χ1n) is 8.80. The van der Waals surface area contributed by atoms with E-state index in [1.165, 1.54) is 0 Å². The Balaban J connectivity index is 2.84. The van der Waals surface area contributed by atoms with Gasteiger partial charge in [0.05, 0.1) is 18.5 Å². The van der Waals surface area contributed by atoms with Gasteiger partial charge in [0.1, 0.15) is 12.2 Å². The minimum Gasteiger partial charge on any atom is -0.481 e. The number of rotatable bonds is 9. The second-order valence-electron chi connectivity index (χ2n) is 7.08. The topological polar surface area (TPSA) is 163 Å². The molecule has 29 heavy (non-hydrogen) atoms. The molecule has 11 nitrogen and oxygen atoms in total.